The Morgan fingerprint density at radius 3 is 0.941 bits per heavy atom. The van der Waals surface area contributed by atoms with E-state index in [2.05, 4.69) is 146 Å². The maximum Gasteiger partial charge on any atom is 0.0235 e. The van der Waals surface area contributed by atoms with E-state index in [0.717, 1.165) is 36.5 Å². The van der Waals surface area contributed by atoms with Crippen LogP contribution >= 0.6 is 35.3 Å². The lowest BCUT2D eigenvalue weighted by molar-refractivity contribution is 1.18. The summed E-state index contributed by atoms with van der Waals surface area (Å²) in [6.45, 7) is 0. The molecule has 0 saturated heterocycles. The van der Waals surface area contributed by atoms with Crippen LogP contribution in [0.25, 0.3) is 33.4 Å². The summed E-state index contributed by atoms with van der Waals surface area (Å²) in [7, 11) is 0. The lowest BCUT2D eigenvalue weighted by Crippen LogP contribution is -1.93. The fraction of sp³-hybridized carbons (Fsp3) is 0.125. The number of thioether (sulfide) groups is 3. The van der Waals surface area contributed by atoms with Crippen molar-refractivity contribution in [2.24, 2.45) is 0 Å². The van der Waals surface area contributed by atoms with Gasteiger partial charge in [0.2, 0.25) is 0 Å². The first-order valence-corrected chi connectivity index (χ1v) is 20.8. The van der Waals surface area contributed by atoms with Crippen molar-refractivity contribution in [1.82, 2.24) is 0 Å². The predicted octanol–water partition coefficient (Wildman–Crippen LogP) is 13.3. The molecule has 3 aliphatic carbocycles. The Morgan fingerprint density at radius 1 is 0.314 bits per heavy atom. The first kappa shape index (κ1) is 31.3. The van der Waals surface area contributed by atoms with E-state index in [0.29, 0.717) is 0 Å². The SMILES string of the molecule is c1ccc2c(c1)Cc1c(CSc3cc(SCc4cccc5c4Cc4ccccc4-5)cc(SCc4cccc5c4Cc4ccccc4-5)c3)cccc1-2. The molecule has 246 valence electrons. The number of fused-ring (bicyclic) bond motifs is 9. The molecule has 0 N–H and O–H groups in total. The first-order valence-electron chi connectivity index (χ1n) is 17.9. The monoisotopic (exact) mass is 708 g/mol. The Balaban J connectivity index is 0.929. The third-order valence-corrected chi connectivity index (χ3v) is 14.0. The van der Waals surface area contributed by atoms with Crippen molar-refractivity contribution in [2.75, 3.05) is 0 Å². The van der Waals surface area contributed by atoms with E-state index in [1.165, 1.54) is 98.1 Å². The molecule has 0 aromatic heterocycles. The molecule has 7 aromatic carbocycles. The van der Waals surface area contributed by atoms with E-state index >= 15 is 0 Å². The smallest absolute Gasteiger partial charge is 0.0235 e. The normalized spacial score (nSPS) is 12.9. The van der Waals surface area contributed by atoms with Crippen molar-refractivity contribution in [3.05, 3.63) is 196 Å². The van der Waals surface area contributed by atoms with Crippen molar-refractivity contribution in [2.45, 2.75) is 51.2 Å². The summed E-state index contributed by atoms with van der Waals surface area (Å²) in [5, 5.41) is 0. The van der Waals surface area contributed by atoms with Gasteiger partial charge in [-0.25, -0.2) is 0 Å². The molecule has 3 aliphatic rings. The van der Waals surface area contributed by atoms with Crippen LogP contribution < -0.4 is 0 Å². The van der Waals surface area contributed by atoms with Crippen molar-refractivity contribution in [3.8, 4) is 33.4 Å². The third-order valence-electron chi connectivity index (χ3n) is 10.9. The van der Waals surface area contributed by atoms with E-state index in [1.807, 2.05) is 35.3 Å². The molecule has 51 heavy (non-hydrogen) atoms. The highest BCUT2D eigenvalue weighted by Crippen LogP contribution is 2.44. The number of rotatable bonds is 9. The van der Waals surface area contributed by atoms with Crippen molar-refractivity contribution in [3.63, 3.8) is 0 Å². The van der Waals surface area contributed by atoms with Crippen LogP contribution in [-0.4, -0.2) is 0 Å². The van der Waals surface area contributed by atoms with Gasteiger partial charge in [0, 0.05) is 31.9 Å². The van der Waals surface area contributed by atoms with E-state index in [-0.39, 0.29) is 0 Å². The Labute approximate surface area is 313 Å². The van der Waals surface area contributed by atoms with E-state index in [4.69, 9.17) is 0 Å². The Morgan fingerprint density at radius 2 is 0.608 bits per heavy atom. The summed E-state index contributed by atoms with van der Waals surface area (Å²) in [4.78, 5) is 4.06. The molecule has 0 bridgehead atoms. The van der Waals surface area contributed by atoms with Crippen molar-refractivity contribution >= 4 is 35.3 Å². The fourth-order valence-electron chi connectivity index (χ4n) is 8.35. The molecule has 0 fully saturated rings. The zero-order valence-corrected chi connectivity index (χ0v) is 30.8. The highest BCUT2D eigenvalue weighted by atomic mass is 32.2. The van der Waals surface area contributed by atoms with Gasteiger partial charge in [-0.2, -0.15) is 0 Å². The minimum atomic E-state index is 0.976. The highest BCUT2D eigenvalue weighted by molar-refractivity contribution is 8.00. The van der Waals surface area contributed by atoms with Gasteiger partial charge in [0.25, 0.3) is 0 Å². The van der Waals surface area contributed by atoms with Gasteiger partial charge in [0.15, 0.2) is 0 Å². The van der Waals surface area contributed by atoms with E-state index < -0.39 is 0 Å². The molecule has 10 rings (SSSR count). The largest absolute Gasteiger partial charge is 0.121 e. The Hall–Kier alpha value is -4.41. The summed E-state index contributed by atoms with van der Waals surface area (Å²) in [5.74, 6) is 2.93. The number of hydrogen-bond donors (Lipinski definition) is 0. The van der Waals surface area contributed by atoms with Gasteiger partial charge < -0.3 is 0 Å². The highest BCUT2D eigenvalue weighted by Gasteiger charge is 2.23. The third kappa shape index (κ3) is 5.86. The van der Waals surface area contributed by atoms with E-state index in [9.17, 15) is 0 Å². The van der Waals surface area contributed by atoms with Crippen LogP contribution in [0.15, 0.2) is 160 Å². The molecule has 0 spiro atoms. The second-order valence-electron chi connectivity index (χ2n) is 13.8. The average Bonchev–Trinajstić information content (AvgIpc) is 3.87. The quantitative estimate of drug-likeness (QED) is 0.137. The molecule has 0 unspecified atom stereocenters. The summed E-state index contributed by atoms with van der Waals surface area (Å²) in [5.41, 5.74) is 21.7. The van der Waals surface area contributed by atoms with Crippen LogP contribution in [-0.2, 0) is 36.5 Å². The molecule has 0 atom stereocenters. The summed E-state index contributed by atoms with van der Waals surface area (Å²) in [6, 6.07) is 54.7. The van der Waals surface area contributed by atoms with E-state index in [1.54, 1.807) is 0 Å². The van der Waals surface area contributed by atoms with Gasteiger partial charge in [-0.1, -0.05) is 127 Å². The van der Waals surface area contributed by atoms with Crippen molar-refractivity contribution in [1.29, 1.82) is 0 Å². The van der Waals surface area contributed by atoms with Gasteiger partial charge in [-0.15, -0.1) is 35.3 Å². The van der Waals surface area contributed by atoms with Gasteiger partial charge in [-0.3, -0.25) is 0 Å². The molecule has 0 amide bonds. The summed E-state index contributed by atoms with van der Waals surface area (Å²) >= 11 is 5.96. The minimum absolute atomic E-state index is 0.976. The predicted molar refractivity (Wildman–Crippen MR) is 219 cm³/mol. The summed E-state index contributed by atoms with van der Waals surface area (Å²) < 4.78 is 0. The zero-order valence-electron chi connectivity index (χ0n) is 28.3. The van der Waals surface area contributed by atoms with Crippen molar-refractivity contribution < 1.29 is 0 Å². The standard InChI is InChI=1S/C48H36S3/c1-4-16-40-31(10-1)22-46-34(13-7-19-43(40)46)28-49-37-25-38(50-29-35-14-8-20-44-41-17-5-2-11-32(41)23-47(35)44)27-39(26-37)51-30-36-15-9-21-45-42-18-6-3-12-33(42)24-48(36)45/h1-21,25-27H,22-24,28-30H2. The Kier molecular flexibility index (Phi) is 8.17. The van der Waals surface area contributed by atoms with Gasteiger partial charge in [0.1, 0.15) is 0 Å². The maximum atomic E-state index is 2.44. The first-order chi connectivity index (χ1) is 25.2. The van der Waals surface area contributed by atoms with Gasteiger partial charge in [-0.05, 0) is 121 Å². The average molecular weight is 709 g/mol. The van der Waals surface area contributed by atoms with Crippen LogP contribution in [0.2, 0.25) is 0 Å². The molecular formula is C48H36S3. The molecule has 0 saturated carbocycles. The van der Waals surface area contributed by atoms with Crippen LogP contribution in [0, 0.1) is 0 Å². The Bertz CT molecular complexity index is 2190. The molecule has 7 aromatic rings. The van der Waals surface area contributed by atoms with Crippen LogP contribution in [0.1, 0.15) is 50.1 Å². The maximum absolute atomic E-state index is 2.44. The van der Waals surface area contributed by atoms with Gasteiger partial charge in [0.05, 0.1) is 0 Å². The lowest BCUT2D eigenvalue weighted by atomic mass is 10.0. The summed E-state index contributed by atoms with van der Waals surface area (Å²) in [6.07, 6.45) is 3.11. The molecular weight excluding hydrogens is 673 g/mol. The van der Waals surface area contributed by atoms with Gasteiger partial charge >= 0.3 is 0 Å². The lowest BCUT2D eigenvalue weighted by Gasteiger charge is -2.13. The molecule has 0 radical (unpaired) electrons. The topological polar surface area (TPSA) is 0 Å². The molecule has 0 nitrogen and oxygen atoms in total. The molecule has 3 heteroatoms. The second kappa shape index (κ2) is 13.3. The number of benzene rings is 7. The molecule has 0 heterocycles. The second-order valence-corrected chi connectivity index (χ2v) is 17.0. The fourth-order valence-corrected chi connectivity index (χ4v) is 11.6. The minimum Gasteiger partial charge on any atom is -0.121 e. The van der Waals surface area contributed by atoms with Crippen LogP contribution in [0.3, 0.4) is 0 Å². The molecule has 0 aliphatic heterocycles. The van der Waals surface area contributed by atoms with Crippen LogP contribution in [0.4, 0.5) is 0 Å². The zero-order chi connectivity index (χ0) is 33.7. The number of hydrogen-bond acceptors (Lipinski definition) is 3. The van der Waals surface area contributed by atoms with Crippen LogP contribution in [0.5, 0.6) is 0 Å².